The molecule has 2 aliphatic heterocycles. The summed E-state index contributed by atoms with van der Waals surface area (Å²) in [5, 5.41) is 0. The average molecular weight is 358 g/mol. The number of nitrogens with zero attached hydrogens (tertiary/aromatic N) is 3. The molecule has 0 bridgehead atoms. The molecule has 0 aromatic heterocycles. The van der Waals surface area contributed by atoms with Crippen LogP contribution in [-0.2, 0) is 16.5 Å². The normalized spacial score (nSPS) is 28.0. The molecule has 0 saturated carbocycles. The van der Waals surface area contributed by atoms with E-state index in [2.05, 4.69) is 69.1 Å². The molecule has 2 heterocycles. The topological polar surface area (TPSA) is 46.7 Å². The van der Waals surface area contributed by atoms with Crippen LogP contribution in [0.3, 0.4) is 0 Å². The monoisotopic (exact) mass is 357 g/mol. The molecule has 0 spiro atoms. The van der Waals surface area contributed by atoms with Crippen LogP contribution in [0.25, 0.3) is 0 Å². The number of hydrogen-bond donors (Lipinski definition) is 1. The van der Waals surface area contributed by atoms with E-state index in [1.807, 2.05) is 6.34 Å². The molecule has 1 saturated heterocycles. The van der Waals surface area contributed by atoms with Crippen molar-refractivity contribution in [3.63, 3.8) is 0 Å². The Morgan fingerprint density at radius 2 is 1.70 bits per heavy atom. The summed E-state index contributed by atoms with van der Waals surface area (Å²) in [7, 11) is 0. The van der Waals surface area contributed by atoms with Gasteiger partial charge in [0.25, 0.3) is 0 Å². The van der Waals surface area contributed by atoms with Gasteiger partial charge >= 0.3 is 5.79 Å². The van der Waals surface area contributed by atoms with Gasteiger partial charge in [0.1, 0.15) is 6.34 Å². The second kappa shape index (κ2) is 6.12. The second-order valence-corrected chi connectivity index (χ2v) is 7.12. The molecule has 5 heteroatoms. The van der Waals surface area contributed by atoms with Crippen LogP contribution in [0.1, 0.15) is 69.6 Å². The predicted molar refractivity (Wildman–Crippen MR) is 94.3 cm³/mol. The first kappa shape index (κ1) is 18.3. The molecule has 1 N–H and O–H groups in total. The first-order valence-corrected chi connectivity index (χ1v) is 8.28. The van der Waals surface area contributed by atoms with E-state index in [0.717, 1.165) is 6.42 Å². The van der Waals surface area contributed by atoms with Crippen LogP contribution in [0.5, 0.6) is 0 Å². The van der Waals surface area contributed by atoms with Crippen LogP contribution >= 0.6 is 0 Å². The van der Waals surface area contributed by atoms with Gasteiger partial charge < -0.3 is 0 Å². The quantitative estimate of drug-likeness (QED) is 0.490. The summed E-state index contributed by atoms with van der Waals surface area (Å²) >= 11 is 0. The zero-order valence-electron chi connectivity index (χ0n) is 14.8. The summed E-state index contributed by atoms with van der Waals surface area (Å²) in [6.07, 6.45) is 4.63. The number of quaternary nitrogens is 1. The van der Waals surface area contributed by atoms with E-state index in [0.29, 0.717) is 16.4 Å². The standard InChI is InChI=1S/C18H27N4.Ni/c1-7-18-20-10-19-11-22(18,21-18)17-15(12(2)3)8-14(6)9-16(17)13(4)5;/h8-13,21H,7H2,1-6H3;/q+1;. The predicted octanol–water partition coefficient (Wildman–Crippen LogP) is 4.20. The van der Waals surface area contributed by atoms with Gasteiger partial charge in [0.2, 0.25) is 6.34 Å². The summed E-state index contributed by atoms with van der Waals surface area (Å²) in [4.78, 5) is 9.02. The zero-order valence-corrected chi connectivity index (χ0v) is 15.8. The maximum atomic E-state index is 4.66. The van der Waals surface area contributed by atoms with Gasteiger partial charge in [0, 0.05) is 34.0 Å². The van der Waals surface area contributed by atoms with E-state index in [1.165, 1.54) is 22.4 Å². The van der Waals surface area contributed by atoms with Crippen molar-refractivity contribution >= 4 is 18.4 Å². The number of nitrogens with one attached hydrogen (secondary N) is 1. The Kier molecular flexibility index (Phi) is 4.87. The van der Waals surface area contributed by atoms with Crippen molar-refractivity contribution in [2.75, 3.05) is 0 Å². The number of aliphatic imine (C=N–C) groups is 2. The molecular formula is C18H27N4Ni+. The summed E-state index contributed by atoms with van der Waals surface area (Å²) < 4.78 is 0.571. The molecule has 4 nitrogen and oxygen atoms in total. The summed E-state index contributed by atoms with van der Waals surface area (Å²) in [5.41, 5.74) is 9.10. The van der Waals surface area contributed by atoms with E-state index in [1.54, 1.807) is 6.34 Å². The minimum absolute atomic E-state index is 0. The van der Waals surface area contributed by atoms with Gasteiger partial charge in [-0.1, -0.05) is 45.6 Å². The molecule has 1 aromatic rings. The third-order valence-electron chi connectivity index (χ3n) is 4.87. The van der Waals surface area contributed by atoms with E-state index in [4.69, 9.17) is 0 Å². The van der Waals surface area contributed by atoms with Crippen molar-refractivity contribution in [1.82, 2.24) is 10.0 Å². The maximum absolute atomic E-state index is 4.66. The van der Waals surface area contributed by atoms with E-state index in [9.17, 15) is 0 Å². The number of benzene rings is 1. The van der Waals surface area contributed by atoms with E-state index in [-0.39, 0.29) is 22.3 Å². The second-order valence-electron chi connectivity index (χ2n) is 7.12. The number of rotatable bonds is 4. The first-order valence-electron chi connectivity index (χ1n) is 8.28. The van der Waals surface area contributed by atoms with Crippen LogP contribution in [0.15, 0.2) is 22.1 Å². The Morgan fingerprint density at radius 3 is 2.17 bits per heavy atom. The number of fused-ring (bicyclic) bond motifs is 1. The molecule has 0 amide bonds. The van der Waals surface area contributed by atoms with Crippen molar-refractivity contribution in [3.8, 4) is 0 Å². The van der Waals surface area contributed by atoms with Crippen molar-refractivity contribution in [2.45, 2.75) is 65.6 Å². The van der Waals surface area contributed by atoms with Crippen LogP contribution in [0, 0.1) is 6.92 Å². The Bertz CT molecular complexity index is 636. The third kappa shape index (κ3) is 2.59. The molecule has 3 rings (SSSR count). The number of hydrogen-bond acceptors (Lipinski definition) is 3. The van der Waals surface area contributed by atoms with Gasteiger partial charge in [-0.3, -0.25) is 0 Å². The van der Waals surface area contributed by atoms with Crippen molar-refractivity contribution in [3.05, 3.63) is 28.8 Å². The molecule has 2 aliphatic rings. The Labute approximate surface area is 149 Å². The average Bonchev–Trinajstić information content (AvgIpc) is 3.16. The maximum Gasteiger partial charge on any atom is 0.322 e. The Balaban J connectivity index is 0.00000192. The molecule has 0 radical (unpaired) electrons. The van der Waals surface area contributed by atoms with E-state index < -0.39 is 0 Å². The molecule has 23 heavy (non-hydrogen) atoms. The Morgan fingerprint density at radius 1 is 1.13 bits per heavy atom. The van der Waals surface area contributed by atoms with Gasteiger partial charge in [0.05, 0.1) is 0 Å². The number of aryl methyl sites for hydroxylation is 1. The van der Waals surface area contributed by atoms with Gasteiger partial charge in [-0.25, -0.2) is 0 Å². The van der Waals surface area contributed by atoms with Gasteiger partial charge in [-0.15, -0.1) is 4.59 Å². The summed E-state index contributed by atoms with van der Waals surface area (Å²) in [6.45, 7) is 13.4. The largest absolute Gasteiger partial charge is 0.322 e. The Hall–Kier alpha value is -1.03. The van der Waals surface area contributed by atoms with Crippen LogP contribution < -0.4 is 10.0 Å². The zero-order chi connectivity index (χ0) is 16.1. The van der Waals surface area contributed by atoms with Gasteiger partial charge in [-0.2, -0.15) is 9.98 Å². The molecule has 1 aromatic carbocycles. The van der Waals surface area contributed by atoms with Crippen molar-refractivity contribution in [1.29, 1.82) is 0 Å². The van der Waals surface area contributed by atoms with Crippen LogP contribution in [0.2, 0.25) is 0 Å². The summed E-state index contributed by atoms with van der Waals surface area (Å²) in [5.74, 6) is 0.678. The third-order valence-corrected chi connectivity index (χ3v) is 4.87. The van der Waals surface area contributed by atoms with Crippen molar-refractivity contribution < 1.29 is 16.5 Å². The molecule has 1 fully saturated rings. The van der Waals surface area contributed by atoms with Gasteiger partial charge in [-0.05, 0) is 30.9 Å². The molecule has 128 valence electrons. The first-order chi connectivity index (χ1) is 10.4. The fourth-order valence-electron chi connectivity index (χ4n) is 3.60. The fourth-order valence-corrected chi connectivity index (χ4v) is 3.60. The van der Waals surface area contributed by atoms with Crippen molar-refractivity contribution in [2.24, 2.45) is 9.98 Å². The summed E-state index contributed by atoms with van der Waals surface area (Å²) in [6, 6.07) is 4.65. The smallest absolute Gasteiger partial charge is 0.191 e. The molecule has 0 aliphatic carbocycles. The van der Waals surface area contributed by atoms with Crippen LogP contribution in [-0.4, -0.2) is 18.5 Å². The van der Waals surface area contributed by atoms with Gasteiger partial charge in [0.15, 0.2) is 5.69 Å². The van der Waals surface area contributed by atoms with E-state index >= 15 is 0 Å². The fraction of sp³-hybridized carbons (Fsp3) is 0.556. The minimum atomic E-state index is -0.260. The molecule has 2 atom stereocenters. The molecule has 2 unspecified atom stereocenters. The molecular weight excluding hydrogens is 331 g/mol. The minimum Gasteiger partial charge on any atom is -0.191 e. The van der Waals surface area contributed by atoms with Crippen LogP contribution in [0.4, 0.5) is 5.69 Å². The SMILES string of the molecule is CCC12N=CN=C[N+]1(c1c(C(C)C)cc(C)cc1C(C)C)N2.[Ni].